The second kappa shape index (κ2) is 10.1. The maximum Gasteiger partial charge on any atom is 0.332 e. The van der Waals surface area contributed by atoms with Gasteiger partial charge in [-0.25, -0.2) is 4.79 Å². The van der Waals surface area contributed by atoms with Gasteiger partial charge in [0.2, 0.25) is 0 Å². The highest BCUT2D eigenvalue weighted by atomic mass is 16.5. The minimum absolute atomic E-state index is 0.0852. The fraction of sp³-hybridized carbons (Fsp3) is 0.591. The first kappa shape index (κ1) is 24.0. The Labute approximate surface area is 177 Å². The molecule has 3 N–H and O–H groups in total. The summed E-state index contributed by atoms with van der Waals surface area (Å²) in [6, 6.07) is 7.55. The van der Waals surface area contributed by atoms with Gasteiger partial charge in [-0.2, -0.15) is 0 Å². The standard InChI is InChI=1S/C22H32N2O6/c1-5-29-20(26)18(14(2)3)24-12-17(30-13-16-9-7-6-8-10-16)11-22(24,21(27)28)19(25)15(4)23/h6-10,14-15,17-18H,5,11-13,23H2,1-4H3,(H,27,28)/t15-,17?,18?,22?/m0/s1. The third kappa shape index (κ3) is 4.88. The number of Topliss-reactive ketones (excluding diaryl/α,β-unsaturated/α-hetero) is 1. The third-order valence-electron chi connectivity index (χ3n) is 5.41. The number of rotatable bonds is 10. The van der Waals surface area contributed by atoms with E-state index < -0.39 is 41.4 Å². The molecule has 0 spiro atoms. The smallest absolute Gasteiger partial charge is 0.332 e. The summed E-state index contributed by atoms with van der Waals surface area (Å²) in [6.07, 6.45) is -0.641. The Morgan fingerprint density at radius 2 is 1.87 bits per heavy atom. The summed E-state index contributed by atoms with van der Waals surface area (Å²) in [5, 5.41) is 10.2. The van der Waals surface area contributed by atoms with Crippen molar-refractivity contribution < 1.29 is 29.0 Å². The van der Waals surface area contributed by atoms with Gasteiger partial charge >= 0.3 is 11.9 Å². The van der Waals surface area contributed by atoms with E-state index in [1.54, 1.807) is 20.8 Å². The van der Waals surface area contributed by atoms with Crippen LogP contribution in [0.15, 0.2) is 30.3 Å². The summed E-state index contributed by atoms with van der Waals surface area (Å²) in [4.78, 5) is 39.7. The molecule has 0 saturated carbocycles. The first-order valence-electron chi connectivity index (χ1n) is 10.3. The lowest BCUT2D eigenvalue weighted by Gasteiger charge is -2.39. The molecule has 30 heavy (non-hydrogen) atoms. The molecule has 1 heterocycles. The molecule has 8 nitrogen and oxygen atoms in total. The number of carbonyl (C=O) groups excluding carboxylic acids is 2. The van der Waals surface area contributed by atoms with Crippen molar-refractivity contribution in [3.05, 3.63) is 35.9 Å². The number of hydrogen-bond donors (Lipinski definition) is 2. The van der Waals surface area contributed by atoms with Crippen LogP contribution in [0, 0.1) is 5.92 Å². The van der Waals surface area contributed by atoms with Crippen LogP contribution in [0.2, 0.25) is 0 Å². The van der Waals surface area contributed by atoms with Gasteiger partial charge in [0.15, 0.2) is 11.3 Å². The molecular weight excluding hydrogens is 388 g/mol. The summed E-state index contributed by atoms with van der Waals surface area (Å²) < 4.78 is 11.2. The number of nitrogens with two attached hydrogens (primary N) is 1. The molecule has 166 valence electrons. The van der Waals surface area contributed by atoms with E-state index in [4.69, 9.17) is 15.2 Å². The fourth-order valence-corrected chi connectivity index (χ4v) is 4.06. The van der Waals surface area contributed by atoms with E-state index in [1.807, 2.05) is 30.3 Å². The number of ketones is 1. The van der Waals surface area contributed by atoms with Crippen molar-refractivity contribution in [3.8, 4) is 0 Å². The molecule has 1 saturated heterocycles. The summed E-state index contributed by atoms with van der Waals surface area (Å²) in [5.74, 6) is -2.81. The monoisotopic (exact) mass is 420 g/mol. The largest absolute Gasteiger partial charge is 0.480 e. The van der Waals surface area contributed by atoms with Crippen LogP contribution in [0.3, 0.4) is 0 Å². The fourth-order valence-electron chi connectivity index (χ4n) is 4.06. The molecule has 0 aliphatic carbocycles. The molecule has 0 bridgehead atoms. The lowest BCUT2D eigenvalue weighted by atomic mass is 9.84. The summed E-state index contributed by atoms with van der Waals surface area (Å²) in [7, 11) is 0. The van der Waals surface area contributed by atoms with E-state index in [0.29, 0.717) is 0 Å². The minimum atomic E-state index is -1.95. The zero-order chi connectivity index (χ0) is 22.5. The Kier molecular flexibility index (Phi) is 8.11. The normalized spacial score (nSPS) is 23.9. The molecule has 0 radical (unpaired) electrons. The van der Waals surface area contributed by atoms with Crippen molar-refractivity contribution in [2.45, 2.75) is 64.4 Å². The highest BCUT2D eigenvalue weighted by Gasteiger charge is 2.61. The number of carboxylic acids is 1. The van der Waals surface area contributed by atoms with Crippen LogP contribution < -0.4 is 5.73 Å². The number of hydrogen-bond acceptors (Lipinski definition) is 7. The molecular formula is C22H32N2O6. The Bertz CT molecular complexity index is 751. The first-order chi connectivity index (χ1) is 14.1. The predicted octanol–water partition coefficient (Wildman–Crippen LogP) is 1.60. The molecule has 1 aromatic carbocycles. The van der Waals surface area contributed by atoms with Gasteiger partial charge in [0.25, 0.3) is 0 Å². The Morgan fingerprint density at radius 1 is 1.23 bits per heavy atom. The average molecular weight is 421 g/mol. The van der Waals surface area contributed by atoms with Gasteiger partial charge in [-0.05, 0) is 25.3 Å². The zero-order valence-electron chi connectivity index (χ0n) is 18.0. The van der Waals surface area contributed by atoms with Gasteiger partial charge < -0.3 is 20.3 Å². The van der Waals surface area contributed by atoms with Gasteiger partial charge in [-0.15, -0.1) is 0 Å². The number of likely N-dealkylation sites (tertiary alicyclic amines) is 1. The van der Waals surface area contributed by atoms with E-state index in [1.165, 1.54) is 11.8 Å². The van der Waals surface area contributed by atoms with Crippen LogP contribution in [0.1, 0.15) is 39.7 Å². The number of ether oxygens (including phenoxy) is 2. The van der Waals surface area contributed by atoms with Gasteiger partial charge in [-0.3, -0.25) is 14.5 Å². The molecule has 2 rings (SSSR count). The maximum atomic E-state index is 13.1. The third-order valence-corrected chi connectivity index (χ3v) is 5.41. The van der Waals surface area contributed by atoms with E-state index >= 15 is 0 Å². The van der Waals surface area contributed by atoms with E-state index in [-0.39, 0.29) is 32.1 Å². The van der Waals surface area contributed by atoms with Crippen LogP contribution in [0.5, 0.6) is 0 Å². The van der Waals surface area contributed by atoms with Gasteiger partial charge in [-0.1, -0.05) is 44.2 Å². The van der Waals surface area contributed by atoms with Crippen molar-refractivity contribution >= 4 is 17.7 Å². The lowest BCUT2D eigenvalue weighted by Crippen LogP contribution is -2.65. The van der Waals surface area contributed by atoms with Gasteiger partial charge in [0.1, 0.15) is 6.04 Å². The Hall–Kier alpha value is -2.29. The summed E-state index contributed by atoms with van der Waals surface area (Å²) in [6.45, 7) is 7.27. The Morgan fingerprint density at radius 3 is 2.37 bits per heavy atom. The number of carbonyl (C=O) groups is 3. The van der Waals surface area contributed by atoms with Gasteiger partial charge in [0, 0.05) is 13.0 Å². The van der Waals surface area contributed by atoms with E-state index in [2.05, 4.69) is 0 Å². The molecule has 8 heteroatoms. The van der Waals surface area contributed by atoms with Gasteiger partial charge in [0.05, 0.1) is 25.4 Å². The SMILES string of the molecule is CCOC(=O)C(C(C)C)N1CC(OCc2ccccc2)CC1(C(=O)O)C(=O)[C@H](C)N. The van der Waals surface area contributed by atoms with Crippen LogP contribution in [-0.2, 0) is 30.5 Å². The first-order valence-corrected chi connectivity index (χ1v) is 10.3. The molecule has 0 aromatic heterocycles. The number of nitrogens with zero attached hydrogens (tertiary/aromatic N) is 1. The topological polar surface area (TPSA) is 119 Å². The van der Waals surface area contributed by atoms with Crippen LogP contribution >= 0.6 is 0 Å². The quantitative estimate of drug-likeness (QED) is 0.433. The summed E-state index contributed by atoms with van der Waals surface area (Å²) >= 11 is 0. The van der Waals surface area contributed by atoms with E-state index in [9.17, 15) is 19.5 Å². The second-order valence-electron chi connectivity index (χ2n) is 8.03. The van der Waals surface area contributed by atoms with E-state index in [0.717, 1.165) is 5.56 Å². The minimum Gasteiger partial charge on any atom is -0.480 e. The van der Waals surface area contributed by atoms with Crippen LogP contribution in [0.4, 0.5) is 0 Å². The number of esters is 1. The molecule has 0 amide bonds. The lowest BCUT2D eigenvalue weighted by molar-refractivity contribution is -0.164. The highest BCUT2D eigenvalue weighted by Crippen LogP contribution is 2.37. The zero-order valence-corrected chi connectivity index (χ0v) is 18.0. The molecule has 1 fully saturated rings. The van der Waals surface area contributed by atoms with Crippen LogP contribution in [0.25, 0.3) is 0 Å². The maximum absolute atomic E-state index is 13.1. The van der Waals surface area contributed by atoms with Crippen molar-refractivity contribution in [2.75, 3.05) is 13.2 Å². The molecule has 4 atom stereocenters. The van der Waals surface area contributed by atoms with Crippen molar-refractivity contribution in [2.24, 2.45) is 11.7 Å². The predicted molar refractivity (Wildman–Crippen MR) is 111 cm³/mol. The number of carboxylic acid groups (broad SMARTS) is 1. The van der Waals surface area contributed by atoms with Crippen molar-refractivity contribution in [1.29, 1.82) is 0 Å². The van der Waals surface area contributed by atoms with Crippen molar-refractivity contribution in [3.63, 3.8) is 0 Å². The van der Waals surface area contributed by atoms with Crippen LogP contribution in [-0.4, -0.2) is 64.6 Å². The Balaban J connectivity index is 2.41. The highest BCUT2D eigenvalue weighted by molar-refractivity contribution is 6.10. The van der Waals surface area contributed by atoms with Crippen molar-refractivity contribution in [1.82, 2.24) is 4.90 Å². The number of aliphatic carboxylic acids is 1. The number of benzene rings is 1. The molecule has 1 aliphatic rings. The molecule has 1 aromatic rings. The summed E-state index contributed by atoms with van der Waals surface area (Å²) in [5.41, 5.74) is 4.81. The second-order valence-corrected chi connectivity index (χ2v) is 8.03. The molecule has 3 unspecified atom stereocenters. The molecule has 1 aliphatic heterocycles. The average Bonchev–Trinajstić information content (AvgIpc) is 3.06.